The van der Waals surface area contributed by atoms with Crippen LogP contribution in [-0.2, 0) is 0 Å². The van der Waals surface area contributed by atoms with Gasteiger partial charge in [-0.1, -0.05) is 13.3 Å². The third-order valence-corrected chi connectivity index (χ3v) is 3.76. The van der Waals surface area contributed by atoms with Crippen molar-refractivity contribution in [2.45, 2.75) is 45.2 Å². The molecule has 3 unspecified atom stereocenters. The highest BCUT2D eigenvalue weighted by molar-refractivity contribution is 4.89. The number of likely N-dealkylation sites (tertiary alicyclic amines) is 1. The average Bonchev–Trinajstić information content (AvgIpc) is 2.52. The lowest BCUT2D eigenvalue weighted by molar-refractivity contribution is 0.0948. The van der Waals surface area contributed by atoms with Gasteiger partial charge in [0, 0.05) is 18.6 Å². The van der Waals surface area contributed by atoms with E-state index in [2.05, 4.69) is 24.1 Å². The number of piperidine rings is 1. The summed E-state index contributed by atoms with van der Waals surface area (Å²) >= 11 is 0. The Labute approximate surface area is 81.7 Å². The molecule has 0 spiro atoms. The fourth-order valence-corrected chi connectivity index (χ4v) is 2.85. The molecule has 2 saturated heterocycles. The first kappa shape index (κ1) is 9.47. The lowest BCUT2D eigenvalue weighted by Crippen LogP contribution is -2.47. The van der Waals surface area contributed by atoms with Crippen molar-refractivity contribution < 1.29 is 0 Å². The Bertz CT molecular complexity index is 169. The molecule has 76 valence electrons. The second kappa shape index (κ2) is 3.97. The summed E-state index contributed by atoms with van der Waals surface area (Å²) in [6.45, 7) is 8.54. The normalized spacial score (nSPS) is 42.5. The van der Waals surface area contributed by atoms with Crippen LogP contribution in [0.2, 0.25) is 0 Å². The van der Waals surface area contributed by atoms with Crippen molar-refractivity contribution in [2.75, 3.05) is 19.6 Å². The third-order valence-electron chi connectivity index (χ3n) is 3.76. The van der Waals surface area contributed by atoms with Crippen molar-refractivity contribution in [3.8, 4) is 0 Å². The van der Waals surface area contributed by atoms with Gasteiger partial charge in [-0.05, 0) is 38.8 Å². The molecule has 0 aromatic carbocycles. The van der Waals surface area contributed by atoms with Crippen molar-refractivity contribution in [3.05, 3.63) is 0 Å². The molecule has 0 amide bonds. The number of nitrogens with one attached hydrogen (secondary N) is 1. The Morgan fingerprint density at radius 3 is 2.62 bits per heavy atom. The van der Waals surface area contributed by atoms with Gasteiger partial charge in [0.2, 0.25) is 0 Å². The fourth-order valence-electron chi connectivity index (χ4n) is 2.85. The summed E-state index contributed by atoms with van der Waals surface area (Å²) in [5.74, 6) is 0.848. The topological polar surface area (TPSA) is 15.3 Å². The second-order valence-electron chi connectivity index (χ2n) is 4.79. The average molecular weight is 182 g/mol. The molecule has 2 nitrogen and oxygen atoms in total. The maximum Gasteiger partial charge on any atom is 0.0261 e. The van der Waals surface area contributed by atoms with Gasteiger partial charge in [-0.15, -0.1) is 0 Å². The summed E-state index contributed by atoms with van der Waals surface area (Å²) < 4.78 is 0. The first-order valence-electron chi connectivity index (χ1n) is 5.75. The SMILES string of the molecule is CC1CNCC1N1CCCCC1C. The monoisotopic (exact) mass is 182 g/mol. The number of hydrogen-bond donors (Lipinski definition) is 1. The van der Waals surface area contributed by atoms with Gasteiger partial charge in [0.05, 0.1) is 0 Å². The van der Waals surface area contributed by atoms with E-state index in [1.807, 2.05) is 0 Å². The van der Waals surface area contributed by atoms with Crippen LogP contribution in [0.3, 0.4) is 0 Å². The summed E-state index contributed by atoms with van der Waals surface area (Å²) in [7, 11) is 0. The van der Waals surface area contributed by atoms with E-state index < -0.39 is 0 Å². The van der Waals surface area contributed by atoms with Crippen LogP contribution in [0, 0.1) is 5.92 Å². The van der Waals surface area contributed by atoms with Crippen molar-refractivity contribution in [1.29, 1.82) is 0 Å². The van der Waals surface area contributed by atoms with Crippen LogP contribution in [0.25, 0.3) is 0 Å². The number of rotatable bonds is 1. The van der Waals surface area contributed by atoms with E-state index in [0.717, 1.165) is 18.0 Å². The highest BCUT2D eigenvalue weighted by Crippen LogP contribution is 2.24. The van der Waals surface area contributed by atoms with Crippen molar-refractivity contribution in [2.24, 2.45) is 5.92 Å². The zero-order valence-corrected chi connectivity index (χ0v) is 8.92. The van der Waals surface area contributed by atoms with Crippen LogP contribution in [0.5, 0.6) is 0 Å². The van der Waals surface area contributed by atoms with Gasteiger partial charge in [-0.25, -0.2) is 0 Å². The molecule has 2 aliphatic heterocycles. The number of hydrogen-bond acceptors (Lipinski definition) is 2. The van der Waals surface area contributed by atoms with E-state index in [1.54, 1.807) is 0 Å². The van der Waals surface area contributed by atoms with Gasteiger partial charge in [-0.2, -0.15) is 0 Å². The highest BCUT2D eigenvalue weighted by Gasteiger charge is 2.32. The van der Waals surface area contributed by atoms with Gasteiger partial charge in [0.15, 0.2) is 0 Å². The Morgan fingerprint density at radius 2 is 2.00 bits per heavy atom. The van der Waals surface area contributed by atoms with Crippen molar-refractivity contribution >= 4 is 0 Å². The van der Waals surface area contributed by atoms with E-state index in [4.69, 9.17) is 0 Å². The maximum atomic E-state index is 3.50. The standard InChI is InChI=1S/C11H22N2/c1-9-7-12-8-11(9)13-6-4-3-5-10(13)2/h9-12H,3-8H2,1-2H3. The van der Waals surface area contributed by atoms with E-state index in [9.17, 15) is 0 Å². The predicted octanol–water partition coefficient (Wildman–Crippen LogP) is 1.47. The van der Waals surface area contributed by atoms with Crippen molar-refractivity contribution in [3.63, 3.8) is 0 Å². The largest absolute Gasteiger partial charge is 0.315 e. The van der Waals surface area contributed by atoms with E-state index >= 15 is 0 Å². The lowest BCUT2D eigenvalue weighted by Gasteiger charge is -2.39. The van der Waals surface area contributed by atoms with Gasteiger partial charge < -0.3 is 5.32 Å². The van der Waals surface area contributed by atoms with E-state index in [1.165, 1.54) is 38.9 Å². The lowest BCUT2D eigenvalue weighted by atomic mass is 9.97. The number of nitrogens with zero attached hydrogens (tertiary/aromatic N) is 1. The van der Waals surface area contributed by atoms with Crippen LogP contribution in [0.15, 0.2) is 0 Å². The molecule has 0 aliphatic carbocycles. The Hall–Kier alpha value is -0.0800. The summed E-state index contributed by atoms with van der Waals surface area (Å²) in [5, 5.41) is 3.50. The van der Waals surface area contributed by atoms with Gasteiger partial charge in [-0.3, -0.25) is 4.90 Å². The van der Waals surface area contributed by atoms with Gasteiger partial charge in [0.25, 0.3) is 0 Å². The Kier molecular flexibility index (Phi) is 2.89. The van der Waals surface area contributed by atoms with Crippen molar-refractivity contribution in [1.82, 2.24) is 10.2 Å². The zero-order chi connectivity index (χ0) is 9.26. The smallest absolute Gasteiger partial charge is 0.0261 e. The molecule has 2 heteroatoms. The van der Waals surface area contributed by atoms with Crippen LogP contribution in [-0.4, -0.2) is 36.6 Å². The minimum absolute atomic E-state index is 0.815. The molecular formula is C11H22N2. The molecule has 0 radical (unpaired) electrons. The molecule has 2 heterocycles. The van der Waals surface area contributed by atoms with Crippen LogP contribution in [0.1, 0.15) is 33.1 Å². The molecule has 0 bridgehead atoms. The minimum atomic E-state index is 0.815. The van der Waals surface area contributed by atoms with Gasteiger partial charge >= 0.3 is 0 Å². The predicted molar refractivity (Wildman–Crippen MR) is 55.8 cm³/mol. The quantitative estimate of drug-likeness (QED) is 0.660. The first-order valence-corrected chi connectivity index (χ1v) is 5.75. The van der Waals surface area contributed by atoms with Gasteiger partial charge in [0.1, 0.15) is 0 Å². The molecule has 3 atom stereocenters. The zero-order valence-electron chi connectivity index (χ0n) is 8.92. The summed E-state index contributed by atoms with van der Waals surface area (Å²) in [4.78, 5) is 2.73. The molecule has 1 N–H and O–H groups in total. The van der Waals surface area contributed by atoms with E-state index in [0.29, 0.717) is 0 Å². The van der Waals surface area contributed by atoms with E-state index in [-0.39, 0.29) is 0 Å². The first-order chi connectivity index (χ1) is 6.29. The van der Waals surface area contributed by atoms with Crippen LogP contribution >= 0.6 is 0 Å². The molecule has 2 aliphatic rings. The summed E-state index contributed by atoms with van der Waals surface area (Å²) in [5.41, 5.74) is 0. The molecule has 0 aromatic rings. The molecule has 0 aromatic heterocycles. The molecule has 0 saturated carbocycles. The highest BCUT2D eigenvalue weighted by atomic mass is 15.2. The van der Waals surface area contributed by atoms with Crippen LogP contribution < -0.4 is 5.32 Å². The maximum absolute atomic E-state index is 3.50. The fraction of sp³-hybridized carbons (Fsp3) is 1.00. The van der Waals surface area contributed by atoms with Crippen LogP contribution in [0.4, 0.5) is 0 Å². The summed E-state index contributed by atoms with van der Waals surface area (Å²) in [6.07, 6.45) is 4.25. The second-order valence-corrected chi connectivity index (χ2v) is 4.79. The Balaban J connectivity index is 1.97. The molecular weight excluding hydrogens is 160 g/mol. The third kappa shape index (κ3) is 1.89. The molecule has 13 heavy (non-hydrogen) atoms. The Morgan fingerprint density at radius 1 is 1.15 bits per heavy atom. The summed E-state index contributed by atoms with van der Waals surface area (Å²) in [6, 6.07) is 1.64. The molecule has 2 fully saturated rings. The minimum Gasteiger partial charge on any atom is -0.315 e. The molecule has 2 rings (SSSR count).